The van der Waals surface area contributed by atoms with E-state index in [2.05, 4.69) is 32.0 Å². The zero-order valence-electron chi connectivity index (χ0n) is 16.2. The summed E-state index contributed by atoms with van der Waals surface area (Å²) in [6, 6.07) is 5.41. The number of fused-ring (bicyclic) bond motifs is 1. The highest BCUT2D eigenvalue weighted by atomic mass is 79.9. The molecule has 2 aromatic rings. The lowest BCUT2D eigenvalue weighted by atomic mass is 10.1. The Morgan fingerprint density at radius 2 is 2.07 bits per heavy atom. The van der Waals surface area contributed by atoms with Crippen molar-refractivity contribution in [3.63, 3.8) is 0 Å². The molecule has 0 N–H and O–H groups in total. The van der Waals surface area contributed by atoms with Gasteiger partial charge >= 0.3 is 6.09 Å². The third-order valence-corrected chi connectivity index (χ3v) is 5.79. The predicted molar refractivity (Wildman–Crippen MR) is 116 cm³/mol. The first-order valence-electron chi connectivity index (χ1n) is 9.03. The van der Waals surface area contributed by atoms with Crippen LogP contribution in [0, 0.1) is 11.3 Å². The number of piperazine rings is 1. The van der Waals surface area contributed by atoms with Gasteiger partial charge in [-0.1, -0.05) is 11.6 Å². The first-order chi connectivity index (χ1) is 13.6. The van der Waals surface area contributed by atoms with Crippen molar-refractivity contribution in [2.75, 3.05) is 24.5 Å². The highest BCUT2D eigenvalue weighted by Gasteiger charge is 2.34. The van der Waals surface area contributed by atoms with Gasteiger partial charge in [-0.2, -0.15) is 10.2 Å². The summed E-state index contributed by atoms with van der Waals surface area (Å²) in [6.45, 7) is 6.80. The van der Waals surface area contributed by atoms with Gasteiger partial charge in [0.15, 0.2) is 0 Å². The first kappa shape index (κ1) is 21.9. The molecule has 0 bridgehead atoms. The Morgan fingerprint density at radius 3 is 2.72 bits per heavy atom. The van der Waals surface area contributed by atoms with Crippen LogP contribution in [0.25, 0.3) is 10.9 Å². The van der Waals surface area contributed by atoms with Gasteiger partial charge in [0.2, 0.25) is 5.28 Å². The Balaban J connectivity index is 1.93. The Kier molecular flexibility index (Phi) is 6.42. The summed E-state index contributed by atoms with van der Waals surface area (Å²) in [5, 5.41) is 10.7. The molecule has 1 aliphatic rings. The topological polar surface area (TPSA) is 82.3 Å². The highest BCUT2D eigenvalue weighted by molar-refractivity contribution is 9.10. The second-order valence-corrected chi connectivity index (χ2v) is 9.34. The number of hydrogen-bond acceptors (Lipinski definition) is 6. The number of ether oxygens (including phenoxy) is 1. The molecule has 1 atom stereocenters. The van der Waals surface area contributed by atoms with E-state index >= 15 is 0 Å². The van der Waals surface area contributed by atoms with E-state index in [1.807, 2.05) is 31.7 Å². The fourth-order valence-electron chi connectivity index (χ4n) is 3.21. The molecule has 29 heavy (non-hydrogen) atoms. The van der Waals surface area contributed by atoms with Crippen molar-refractivity contribution >= 4 is 61.9 Å². The number of hydrogen-bond donors (Lipinski definition) is 0. The van der Waals surface area contributed by atoms with Crippen molar-refractivity contribution in [2.24, 2.45) is 0 Å². The van der Waals surface area contributed by atoms with E-state index < -0.39 is 11.7 Å². The number of carbonyl (C=O) groups excluding carboxylic acids is 1. The number of halogens is 3. The standard InChI is InChI=1S/C19H20BrCl2N5O2/c1-19(2,3)29-18(28)27-7-6-26(10-11(27)4-5-23)16-12-8-13(20)14(21)9-15(12)24-17(22)25-16/h8-9,11H,4,6-7,10H2,1-3H3/t11-/m0/s1. The fourth-order valence-corrected chi connectivity index (χ4v) is 3.88. The number of benzene rings is 1. The second kappa shape index (κ2) is 8.50. The van der Waals surface area contributed by atoms with Gasteiger partial charge in [-0.05, 0) is 60.4 Å². The van der Waals surface area contributed by atoms with E-state index in [9.17, 15) is 10.1 Å². The lowest BCUT2D eigenvalue weighted by Gasteiger charge is -2.41. The summed E-state index contributed by atoms with van der Waals surface area (Å²) in [5.74, 6) is 0.643. The molecular formula is C19H20BrCl2N5O2. The van der Waals surface area contributed by atoms with Gasteiger partial charge in [-0.15, -0.1) is 0 Å². The SMILES string of the molecule is CC(C)(C)OC(=O)N1CCN(c2nc(Cl)nc3cc(Cl)c(Br)cc23)C[C@@H]1CC#N. The van der Waals surface area contributed by atoms with Gasteiger partial charge in [-0.25, -0.2) is 9.78 Å². The molecule has 1 aromatic carbocycles. The number of nitriles is 1. The molecule has 0 spiro atoms. The van der Waals surface area contributed by atoms with Crippen molar-refractivity contribution in [3.8, 4) is 6.07 Å². The summed E-state index contributed by atoms with van der Waals surface area (Å²) in [6.07, 6.45) is -0.236. The van der Waals surface area contributed by atoms with Crippen LogP contribution in [0.4, 0.5) is 10.6 Å². The van der Waals surface area contributed by atoms with Crippen LogP contribution in [0.5, 0.6) is 0 Å². The zero-order valence-corrected chi connectivity index (χ0v) is 19.3. The summed E-state index contributed by atoms with van der Waals surface area (Å²) in [4.78, 5) is 24.9. The van der Waals surface area contributed by atoms with Crippen LogP contribution in [-0.4, -0.2) is 52.2 Å². The van der Waals surface area contributed by atoms with Crippen LogP contribution >= 0.6 is 39.1 Å². The third kappa shape index (κ3) is 5.03. The van der Waals surface area contributed by atoms with E-state index in [0.29, 0.717) is 36.0 Å². The van der Waals surface area contributed by atoms with Crippen molar-refractivity contribution in [1.29, 1.82) is 5.26 Å². The zero-order chi connectivity index (χ0) is 21.3. The Morgan fingerprint density at radius 1 is 1.34 bits per heavy atom. The Hall–Kier alpha value is -1.82. The van der Waals surface area contributed by atoms with Crippen molar-refractivity contribution in [1.82, 2.24) is 14.9 Å². The van der Waals surface area contributed by atoms with Crippen LogP contribution in [0.3, 0.4) is 0 Å². The lowest BCUT2D eigenvalue weighted by molar-refractivity contribution is 0.0145. The van der Waals surface area contributed by atoms with Gasteiger partial charge in [0, 0.05) is 29.5 Å². The minimum Gasteiger partial charge on any atom is -0.444 e. The number of nitrogens with zero attached hydrogens (tertiary/aromatic N) is 5. The molecule has 0 unspecified atom stereocenters. The average molecular weight is 501 g/mol. The highest BCUT2D eigenvalue weighted by Crippen LogP contribution is 2.34. The molecule has 1 fully saturated rings. The van der Waals surface area contributed by atoms with Crippen LogP contribution in [0.15, 0.2) is 16.6 Å². The summed E-state index contributed by atoms with van der Waals surface area (Å²) in [5.41, 5.74) is 0.0208. The maximum absolute atomic E-state index is 12.6. The first-order valence-corrected chi connectivity index (χ1v) is 10.6. The third-order valence-electron chi connectivity index (χ3n) is 4.43. The fraction of sp³-hybridized carbons (Fsp3) is 0.474. The van der Waals surface area contributed by atoms with Gasteiger partial charge in [0.25, 0.3) is 0 Å². The minimum absolute atomic E-state index is 0.109. The predicted octanol–water partition coefficient (Wildman–Crippen LogP) is 5.04. The molecule has 1 saturated heterocycles. The van der Waals surface area contributed by atoms with Crippen LogP contribution in [-0.2, 0) is 4.74 Å². The van der Waals surface area contributed by atoms with Crippen LogP contribution in [0.1, 0.15) is 27.2 Å². The minimum atomic E-state index is -0.604. The summed E-state index contributed by atoms with van der Waals surface area (Å²) < 4.78 is 6.23. The van der Waals surface area contributed by atoms with Gasteiger partial charge < -0.3 is 14.5 Å². The van der Waals surface area contributed by atoms with E-state index in [-0.39, 0.29) is 17.7 Å². The number of anilines is 1. The molecule has 2 heterocycles. The maximum atomic E-state index is 12.6. The molecular weight excluding hydrogens is 481 g/mol. The lowest BCUT2D eigenvalue weighted by Crippen LogP contribution is -2.56. The Labute approximate surface area is 187 Å². The molecule has 7 nitrogen and oxygen atoms in total. The van der Waals surface area contributed by atoms with Crippen LogP contribution < -0.4 is 4.90 Å². The van der Waals surface area contributed by atoms with Crippen molar-refractivity contribution in [2.45, 2.75) is 38.8 Å². The number of aromatic nitrogens is 2. The molecule has 1 amide bonds. The molecule has 154 valence electrons. The number of amides is 1. The summed E-state index contributed by atoms with van der Waals surface area (Å²) >= 11 is 15.8. The van der Waals surface area contributed by atoms with Gasteiger partial charge in [0.1, 0.15) is 11.4 Å². The molecule has 3 rings (SSSR count). The summed E-state index contributed by atoms with van der Waals surface area (Å²) in [7, 11) is 0. The van der Waals surface area contributed by atoms with Crippen LogP contribution in [0.2, 0.25) is 10.3 Å². The van der Waals surface area contributed by atoms with Gasteiger partial charge in [-0.3, -0.25) is 0 Å². The largest absolute Gasteiger partial charge is 0.444 e. The van der Waals surface area contributed by atoms with E-state index in [1.54, 1.807) is 11.0 Å². The molecule has 1 aromatic heterocycles. The average Bonchev–Trinajstić information content (AvgIpc) is 2.61. The number of rotatable bonds is 2. The normalized spacial score (nSPS) is 17.3. The molecule has 10 heteroatoms. The van der Waals surface area contributed by atoms with Crippen molar-refractivity contribution in [3.05, 3.63) is 26.9 Å². The van der Waals surface area contributed by atoms with E-state index in [4.69, 9.17) is 27.9 Å². The quantitative estimate of drug-likeness (QED) is 0.537. The van der Waals surface area contributed by atoms with Gasteiger partial charge in [0.05, 0.1) is 29.1 Å². The van der Waals surface area contributed by atoms with E-state index in [0.717, 1.165) is 9.86 Å². The molecule has 0 aliphatic carbocycles. The van der Waals surface area contributed by atoms with E-state index in [1.165, 1.54) is 0 Å². The molecule has 1 aliphatic heterocycles. The second-order valence-electron chi connectivity index (χ2n) is 7.74. The van der Waals surface area contributed by atoms with Crippen molar-refractivity contribution < 1.29 is 9.53 Å². The molecule has 0 radical (unpaired) electrons. The maximum Gasteiger partial charge on any atom is 0.410 e. The monoisotopic (exact) mass is 499 g/mol. The number of carbonyl (C=O) groups is 1. The smallest absolute Gasteiger partial charge is 0.410 e. The molecule has 0 saturated carbocycles. The Bertz CT molecular complexity index is 989.